The highest BCUT2D eigenvalue weighted by atomic mass is 16.1. The summed E-state index contributed by atoms with van der Waals surface area (Å²) in [5.41, 5.74) is 8.59. The van der Waals surface area contributed by atoms with Crippen molar-refractivity contribution in [2.45, 2.75) is 84.2 Å². The lowest BCUT2D eigenvalue weighted by Crippen LogP contribution is -2.45. The van der Waals surface area contributed by atoms with Crippen molar-refractivity contribution in [3.05, 3.63) is 71.8 Å². The molecular formula is C30H44N8O. The predicted molar refractivity (Wildman–Crippen MR) is 152 cm³/mol. The molecule has 0 bridgehead atoms. The lowest BCUT2D eigenvalue weighted by molar-refractivity contribution is -0.122. The summed E-state index contributed by atoms with van der Waals surface area (Å²) in [5.74, 6) is 1.69. The summed E-state index contributed by atoms with van der Waals surface area (Å²) in [6.45, 7) is 10.8. The number of imidazole rings is 2. The summed E-state index contributed by atoms with van der Waals surface area (Å²) in [7, 11) is 0. The molecule has 2 aromatic heterocycles. The van der Waals surface area contributed by atoms with Gasteiger partial charge in [-0.25, -0.2) is 9.97 Å². The molecule has 2 saturated heterocycles. The second kappa shape index (κ2) is 12.4. The van der Waals surface area contributed by atoms with Crippen molar-refractivity contribution in [2.24, 2.45) is 11.1 Å². The maximum atomic E-state index is 12.5. The van der Waals surface area contributed by atoms with E-state index in [0.717, 1.165) is 63.6 Å². The van der Waals surface area contributed by atoms with Crippen LogP contribution in [0, 0.1) is 5.41 Å². The maximum absolute atomic E-state index is 12.5. The van der Waals surface area contributed by atoms with Crippen LogP contribution in [0.2, 0.25) is 0 Å². The van der Waals surface area contributed by atoms with Crippen LogP contribution in [0.5, 0.6) is 0 Å². The lowest BCUT2D eigenvalue weighted by atomic mass is 9.76. The number of aromatic nitrogens is 4. The first-order valence-electron chi connectivity index (χ1n) is 14.5. The molecule has 210 valence electrons. The number of amides is 1. The fourth-order valence-electron chi connectivity index (χ4n) is 6.73. The first kappa shape index (κ1) is 27.6. The Balaban J connectivity index is 1.21. The van der Waals surface area contributed by atoms with E-state index in [1.54, 1.807) is 12.4 Å². The van der Waals surface area contributed by atoms with Gasteiger partial charge in [0.05, 0.1) is 19.1 Å². The first-order valence-corrected chi connectivity index (χ1v) is 14.5. The Morgan fingerprint density at radius 1 is 1.00 bits per heavy atom. The standard InChI is InChI=1S/C30H44N8O/c1-3-25(4-2)37-15-9-30(10-16-37)17-26(29(31)39)38(22-30)19-24-7-5-23(6-8-24)18-36(20-27-32-11-12-33-27)21-28-34-13-14-35-28/h5-8,11-14,25-26H,3-4,9-10,15-22H2,1-2H3,(H2,31,39)(H,32,33)(H,34,35)/t26-/m0/s1. The number of hydrogen-bond acceptors (Lipinski definition) is 6. The summed E-state index contributed by atoms with van der Waals surface area (Å²) < 4.78 is 0. The summed E-state index contributed by atoms with van der Waals surface area (Å²) in [5, 5.41) is 0. The second-order valence-electron chi connectivity index (χ2n) is 11.6. The smallest absolute Gasteiger partial charge is 0.234 e. The monoisotopic (exact) mass is 532 g/mol. The van der Waals surface area contributed by atoms with E-state index in [2.05, 4.69) is 72.7 Å². The van der Waals surface area contributed by atoms with Gasteiger partial charge < -0.3 is 20.6 Å². The topological polar surface area (TPSA) is 110 Å². The third-order valence-corrected chi connectivity index (χ3v) is 8.92. The molecule has 2 aliphatic heterocycles. The van der Waals surface area contributed by atoms with E-state index in [1.807, 2.05) is 12.4 Å². The van der Waals surface area contributed by atoms with Crippen molar-refractivity contribution in [2.75, 3.05) is 19.6 Å². The first-order chi connectivity index (χ1) is 19.0. The molecular weight excluding hydrogens is 488 g/mol. The number of carbonyl (C=O) groups is 1. The highest BCUT2D eigenvalue weighted by Crippen LogP contribution is 2.44. The lowest BCUT2D eigenvalue weighted by Gasteiger charge is -2.42. The molecule has 5 rings (SSSR count). The molecule has 0 aliphatic carbocycles. The van der Waals surface area contributed by atoms with Crippen LogP contribution in [0.3, 0.4) is 0 Å². The van der Waals surface area contributed by atoms with Gasteiger partial charge in [-0.05, 0) is 61.7 Å². The second-order valence-corrected chi connectivity index (χ2v) is 11.6. The fourth-order valence-corrected chi connectivity index (χ4v) is 6.73. The van der Waals surface area contributed by atoms with Crippen LogP contribution < -0.4 is 5.73 Å². The van der Waals surface area contributed by atoms with Crippen LogP contribution in [-0.4, -0.2) is 72.3 Å². The minimum Gasteiger partial charge on any atom is -0.368 e. The van der Waals surface area contributed by atoms with Crippen molar-refractivity contribution < 1.29 is 4.79 Å². The van der Waals surface area contributed by atoms with E-state index >= 15 is 0 Å². The number of hydrogen-bond donors (Lipinski definition) is 3. The highest BCUT2D eigenvalue weighted by Gasteiger charge is 2.47. The number of H-pyrrole nitrogens is 2. The number of nitrogens with one attached hydrogen (secondary N) is 2. The van der Waals surface area contributed by atoms with Gasteiger partial charge in [0.15, 0.2) is 0 Å². The molecule has 3 aromatic rings. The number of carbonyl (C=O) groups excluding carboxylic acids is 1. The van der Waals surface area contributed by atoms with E-state index in [9.17, 15) is 4.79 Å². The van der Waals surface area contributed by atoms with E-state index in [1.165, 1.54) is 24.0 Å². The van der Waals surface area contributed by atoms with E-state index in [0.29, 0.717) is 19.1 Å². The van der Waals surface area contributed by atoms with Crippen LogP contribution in [0.25, 0.3) is 0 Å². The van der Waals surface area contributed by atoms with E-state index in [-0.39, 0.29) is 17.4 Å². The molecule has 9 heteroatoms. The molecule has 4 heterocycles. The van der Waals surface area contributed by atoms with Crippen molar-refractivity contribution in [1.82, 2.24) is 34.6 Å². The van der Waals surface area contributed by atoms with E-state index in [4.69, 9.17) is 5.73 Å². The van der Waals surface area contributed by atoms with Crippen LogP contribution >= 0.6 is 0 Å². The molecule has 1 spiro atoms. The van der Waals surface area contributed by atoms with Gasteiger partial charge in [-0.2, -0.15) is 0 Å². The zero-order chi connectivity index (χ0) is 27.2. The van der Waals surface area contributed by atoms with Crippen LogP contribution in [0.4, 0.5) is 0 Å². The Bertz CT molecular complexity index is 1110. The largest absolute Gasteiger partial charge is 0.368 e. The van der Waals surface area contributed by atoms with Gasteiger partial charge in [-0.1, -0.05) is 38.1 Å². The molecule has 9 nitrogen and oxygen atoms in total. The number of aromatic amines is 2. The quantitative estimate of drug-likeness (QED) is 0.328. The average Bonchev–Trinajstić information content (AvgIpc) is 3.70. The zero-order valence-electron chi connectivity index (χ0n) is 23.5. The van der Waals surface area contributed by atoms with Crippen molar-refractivity contribution >= 4 is 5.91 Å². The third-order valence-electron chi connectivity index (χ3n) is 8.92. The minimum atomic E-state index is -0.183. The Kier molecular flexibility index (Phi) is 8.79. The van der Waals surface area contributed by atoms with Gasteiger partial charge in [0.25, 0.3) is 0 Å². The molecule has 1 aromatic carbocycles. The number of nitrogens with two attached hydrogens (primary N) is 1. The molecule has 4 N–H and O–H groups in total. The molecule has 39 heavy (non-hydrogen) atoms. The average molecular weight is 533 g/mol. The molecule has 1 amide bonds. The maximum Gasteiger partial charge on any atom is 0.234 e. The zero-order valence-corrected chi connectivity index (χ0v) is 23.5. The number of nitrogens with zero attached hydrogens (tertiary/aromatic N) is 5. The van der Waals surface area contributed by atoms with Gasteiger partial charge in [0, 0.05) is 50.5 Å². The van der Waals surface area contributed by atoms with Crippen LogP contribution in [-0.2, 0) is 31.0 Å². The molecule has 0 saturated carbocycles. The Labute approximate surface area is 232 Å². The molecule has 0 unspecified atom stereocenters. The van der Waals surface area contributed by atoms with Crippen molar-refractivity contribution in [3.63, 3.8) is 0 Å². The molecule has 0 radical (unpaired) electrons. The number of likely N-dealkylation sites (tertiary alicyclic amines) is 2. The molecule has 2 fully saturated rings. The van der Waals surface area contributed by atoms with E-state index < -0.39 is 0 Å². The Morgan fingerprint density at radius 3 is 2.10 bits per heavy atom. The number of primary amides is 1. The normalized spacial score (nSPS) is 19.9. The Morgan fingerprint density at radius 2 is 1.59 bits per heavy atom. The summed E-state index contributed by atoms with van der Waals surface area (Å²) in [4.78, 5) is 35.0. The van der Waals surface area contributed by atoms with Crippen molar-refractivity contribution in [3.8, 4) is 0 Å². The summed E-state index contributed by atoms with van der Waals surface area (Å²) >= 11 is 0. The summed E-state index contributed by atoms with van der Waals surface area (Å²) in [6.07, 6.45) is 12.9. The van der Waals surface area contributed by atoms with Gasteiger partial charge >= 0.3 is 0 Å². The number of benzene rings is 1. The number of rotatable bonds is 12. The van der Waals surface area contributed by atoms with Gasteiger partial charge in [-0.15, -0.1) is 0 Å². The fraction of sp³-hybridized carbons (Fsp3) is 0.567. The number of piperidine rings is 1. The Hall–Kier alpha value is -3.01. The third kappa shape index (κ3) is 6.77. The predicted octanol–water partition coefficient (Wildman–Crippen LogP) is 3.67. The van der Waals surface area contributed by atoms with Crippen LogP contribution in [0.1, 0.15) is 68.7 Å². The van der Waals surface area contributed by atoms with Crippen LogP contribution in [0.15, 0.2) is 49.1 Å². The van der Waals surface area contributed by atoms with Gasteiger partial charge in [0.1, 0.15) is 11.6 Å². The molecule has 1 atom stereocenters. The van der Waals surface area contributed by atoms with Crippen molar-refractivity contribution in [1.29, 1.82) is 0 Å². The van der Waals surface area contributed by atoms with Gasteiger partial charge in [0.2, 0.25) is 5.91 Å². The highest BCUT2D eigenvalue weighted by molar-refractivity contribution is 5.80. The SMILES string of the molecule is CCC(CC)N1CCC2(CC1)C[C@@H](C(N)=O)N(Cc1ccc(CN(Cc3ncc[nH]3)Cc3ncc[nH]3)cc1)C2. The van der Waals surface area contributed by atoms with Gasteiger partial charge in [-0.3, -0.25) is 14.6 Å². The summed E-state index contributed by atoms with van der Waals surface area (Å²) in [6, 6.07) is 9.30. The molecule has 2 aliphatic rings. The minimum absolute atomic E-state index is 0.179.